The lowest BCUT2D eigenvalue weighted by Gasteiger charge is -2.26. The number of carbonyl (C=O) groups excluding carboxylic acids is 1. The molecule has 3 aromatic rings. The molecule has 4 rings (SSSR count). The first-order chi connectivity index (χ1) is 14.6. The Balaban J connectivity index is 1.34. The Bertz CT molecular complexity index is 1010. The number of carboxylic acid groups (broad SMARTS) is 1. The van der Waals surface area contributed by atoms with Gasteiger partial charge in [0.05, 0.1) is 5.92 Å². The zero-order valence-electron chi connectivity index (χ0n) is 16.5. The van der Waals surface area contributed by atoms with Crippen LogP contribution in [0.2, 0.25) is 0 Å². The molecule has 0 radical (unpaired) electrons. The van der Waals surface area contributed by atoms with Gasteiger partial charge in [0, 0.05) is 12.0 Å². The summed E-state index contributed by atoms with van der Waals surface area (Å²) in [6.45, 7) is 0. The molecule has 7 heteroatoms. The summed E-state index contributed by atoms with van der Waals surface area (Å²) >= 11 is 1.38. The van der Waals surface area contributed by atoms with E-state index in [1.54, 1.807) is 0 Å². The van der Waals surface area contributed by atoms with Crippen LogP contribution in [0.1, 0.15) is 58.1 Å². The van der Waals surface area contributed by atoms with E-state index in [1.165, 1.54) is 11.3 Å². The molecule has 0 spiro atoms. The maximum atomic E-state index is 12.5. The van der Waals surface area contributed by atoms with Gasteiger partial charge in [-0.15, -0.1) is 10.2 Å². The largest absolute Gasteiger partial charge is 0.481 e. The van der Waals surface area contributed by atoms with Crippen LogP contribution in [0.25, 0.3) is 0 Å². The number of rotatable bonds is 6. The zero-order chi connectivity index (χ0) is 20.9. The summed E-state index contributed by atoms with van der Waals surface area (Å²) in [5, 5.41) is 21.5. The van der Waals surface area contributed by atoms with Gasteiger partial charge in [0.25, 0.3) is 5.91 Å². The summed E-state index contributed by atoms with van der Waals surface area (Å²) in [7, 11) is 0. The number of benzene rings is 2. The molecule has 2 N–H and O–H groups in total. The zero-order valence-corrected chi connectivity index (χ0v) is 17.3. The molecule has 2 aromatic carbocycles. The highest BCUT2D eigenvalue weighted by molar-refractivity contribution is 7.15. The third kappa shape index (κ3) is 4.91. The quantitative estimate of drug-likeness (QED) is 0.600. The van der Waals surface area contributed by atoms with E-state index in [4.69, 9.17) is 5.11 Å². The Hall–Kier alpha value is -3.06. The van der Waals surface area contributed by atoms with Gasteiger partial charge in [-0.2, -0.15) is 0 Å². The van der Waals surface area contributed by atoms with E-state index in [0.29, 0.717) is 35.9 Å². The summed E-state index contributed by atoms with van der Waals surface area (Å²) in [5.41, 5.74) is 2.88. The SMILES string of the molecule is O=C(Nc1nnc(Cc2ccccc2)s1)c1ccc(C2CCC(C(=O)O)CC2)cc1. The monoisotopic (exact) mass is 421 g/mol. The van der Waals surface area contributed by atoms with Crippen LogP contribution >= 0.6 is 11.3 Å². The van der Waals surface area contributed by atoms with E-state index in [1.807, 2.05) is 54.6 Å². The standard InChI is InChI=1S/C23H23N3O3S/c27-21(24-23-26-25-20(30-23)14-15-4-2-1-3-5-15)18-10-6-16(7-11-18)17-8-12-19(13-9-17)22(28)29/h1-7,10-11,17,19H,8-9,12-14H2,(H,28,29)(H,24,26,27). The van der Waals surface area contributed by atoms with Crippen molar-refractivity contribution in [3.8, 4) is 0 Å². The van der Waals surface area contributed by atoms with Gasteiger partial charge in [-0.05, 0) is 54.9 Å². The normalized spacial score (nSPS) is 18.7. The van der Waals surface area contributed by atoms with Crippen molar-refractivity contribution in [1.29, 1.82) is 0 Å². The molecule has 0 saturated heterocycles. The van der Waals surface area contributed by atoms with Crippen molar-refractivity contribution >= 4 is 28.3 Å². The van der Waals surface area contributed by atoms with Crippen molar-refractivity contribution in [3.63, 3.8) is 0 Å². The molecule has 1 aromatic heterocycles. The summed E-state index contributed by atoms with van der Waals surface area (Å²) < 4.78 is 0. The van der Waals surface area contributed by atoms with E-state index in [2.05, 4.69) is 15.5 Å². The lowest BCUT2D eigenvalue weighted by atomic mass is 9.78. The van der Waals surface area contributed by atoms with Crippen LogP contribution in [0, 0.1) is 5.92 Å². The van der Waals surface area contributed by atoms with Gasteiger partial charge in [-0.1, -0.05) is 53.8 Å². The van der Waals surface area contributed by atoms with Gasteiger partial charge >= 0.3 is 5.97 Å². The van der Waals surface area contributed by atoms with Gasteiger partial charge in [0.1, 0.15) is 5.01 Å². The lowest BCUT2D eigenvalue weighted by molar-refractivity contribution is -0.142. The molecule has 1 fully saturated rings. The van der Waals surface area contributed by atoms with E-state index in [0.717, 1.165) is 29.0 Å². The van der Waals surface area contributed by atoms with Crippen LogP contribution in [0.3, 0.4) is 0 Å². The molecule has 1 amide bonds. The van der Waals surface area contributed by atoms with E-state index < -0.39 is 5.97 Å². The number of nitrogens with one attached hydrogen (secondary N) is 1. The third-order valence-corrected chi connectivity index (χ3v) is 6.44. The molecule has 1 heterocycles. The van der Waals surface area contributed by atoms with E-state index >= 15 is 0 Å². The van der Waals surface area contributed by atoms with Crippen molar-refractivity contribution in [3.05, 3.63) is 76.3 Å². The van der Waals surface area contributed by atoms with Gasteiger partial charge in [-0.25, -0.2) is 0 Å². The fourth-order valence-electron chi connectivity index (χ4n) is 3.90. The second-order valence-corrected chi connectivity index (χ2v) is 8.69. The fourth-order valence-corrected chi connectivity index (χ4v) is 4.66. The van der Waals surface area contributed by atoms with Crippen molar-refractivity contribution < 1.29 is 14.7 Å². The predicted molar refractivity (Wildman–Crippen MR) is 116 cm³/mol. The van der Waals surface area contributed by atoms with Crippen LogP contribution in [-0.4, -0.2) is 27.2 Å². The van der Waals surface area contributed by atoms with Gasteiger partial charge < -0.3 is 5.11 Å². The number of amides is 1. The molecule has 154 valence electrons. The van der Waals surface area contributed by atoms with Crippen molar-refractivity contribution in [1.82, 2.24) is 10.2 Å². The van der Waals surface area contributed by atoms with Gasteiger partial charge in [-0.3, -0.25) is 14.9 Å². The van der Waals surface area contributed by atoms with Crippen molar-refractivity contribution in [2.24, 2.45) is 5.92 Å². The second kappa shape index (κ2) is 9.17. The van der Waals surface area contributed by atoms with Crippen LogP contribution in [0.4, 0.5) is 5.13 Å². The first kappa shape index (κ1) is 20.2. The smallest absolute Gasteiger partial charge is 0.306 e. The number of hydrogen-bond acceptors (Lipinski definition) is 5. The molecule has 0 unspecified atom stereocenters. The Labute approximate surface area is 179 Å². The highest BCUT2D eigenvalue weighted by atomic mass is 32.1. The molecule has 1 saturated carbocycles. The Morgan fingerprint density at radius 3 is 2.33 bits per heavy atom. The Morgan fingerprint density at radius 2 is 1.67 bits per heavy atom. The van der Waals surface area contributed by atoms with Gasteiger partial charge in [0.2, 0.25) is 5.13 Å². The first-order valence-electron chi connectivity index (χ1n) is 10.1. The molecule has 0 aliphatic heterocycles. The maximum absolute atomic E-state index is 12.5. The minimum atomic E-state index is -0.691. The van der Waals surface area contributed by atoms with Crippen molar-refractivity contribution in [2.45, 2.75) is 38.0 Å². The number of anilines is 1. The van der Waals surface area contributed by atoms with Gasteiger partial charge in [0.15, 0.2) is 0 Å². The number of nitrogens with zero attached hydrogens (tertiary/aromatic N) is 2. The number of aromatic nitrogens is 2. The third-order valence-electron chi connectivity index (χ3n) is 5.61. The molecule has 6 nitrogen and oxygen atoms in total. The van der Waals surface area contributed by atoms with Crippen LogP contribution in [-0.2, 0) is 11.2 Å². The molecular weight excluding hydrogens is 398 g/mol. The minimum Gasteiger partial charge on any atom is -0.481 e. The molecule has 0 atom stereocenters. The molecule has 0 bridgehead atoms. The summed E-state index contributed by atoms with van der Waals surface area (Å²) in [6, 6.07) is 17.6. The minimum absolute atomic E-state index is 0.210. The number of aliphatic carboxylic acids is 1. The summed E-state index contributed by atoms with van der Waals surface area (Å²) in [4.78, 5) is 23.7. The van der Waals surface area contributed by atoms with Crippen LogP contribution < -0.4 is 5.32 Å². The summed E-state index contributed by atoms with van der Waals surface area (Å²) in [6.07, 6.45) is 3.86. The number of carbonyl (C=O) groups is 2. The Kier molecular flexibility index (Phi) is 6.18. The average molecular weight is 422 g/mol. The second-order valence-electron chi connectivity index (χ2n) is 7.63. The van der Waals surface area contributed by atoms with E-state index in [-0.39, 0.29) is 11.8 Å². The molecular formula is C23H23N3O3S. The number of hydrogen-bond donors (Lipinski definition) is 2. The highest BCUT2D eigenvalue weighted by Crippen LogP contribution is 2.36. The fraction of sp³-hybridized carbons (Fsp3) is 0.304. The van der Waals surface area contributed by atoms with Crippen LogP contribution in [0.5, 0.6) is 0 Å². The topological polar surface area (TPSA) is 92.2 Å². The first-order valence-corrected chi connectivity index (χ1v) is 10.9. The summed E-state index contributed by atoms with van der Waals surface area (Å²) in [5.74, 6) is -0.756. The molecule has 30 heavy (non-hydrogen) atoms. The van der Waals surface area contributed by atoms with Crippen molar-refractivity contribution in [2.75, 3.05) is 5.32 Å². The lowest BCUT2D eigenvalue weighted by Crippen LogP contribution is -2.20. The number of carboxylic acids is 1. The highest BCUT2D eigenvalue weighted by Gasteiger charge is 2.26. The predicted octanol–water partition coefficient (Wildman–Crippen LogP) is 4.74. The Morgan fingerprint density at radius 1 is 0.967 bits per heavy atom. The van der Waals surface area contributed by atoms with E-state index in [9.17, 15) is 9.59 Å². The molecule has 1 aliphatic carbocycles. The molecule has 1 aliphatic rings. The average Bonchev–Trinajstić information content (AvgIpc) is 3.21. The maximum Gasteiger partial charge on any atom is 0.306 e. The van der Waals surface area contributed by atoms with Crippen LogP contribution in [0.15, 0.2) is 54.6 Å².